The van der Waals surface area contributed by atoms with Gasteiger partial charge in [-0.3, -0.25) is 0 Å². The van der Waals surface area contributed by atoms with E-state index in [9.17, 15) is 4.79 Å². The molecule has 2 rings (SSSR count). The van der Waals surface area contributed by atoms with E-state index in [-0.39, 0.29) is 10.6 Å². The molecule has 1 fully saturated rings. The van der Waals surface area contributed by atoms with Crippen LogP contribution in [0.3, 0.4) is 0 Å². The van der Waals surface area contributed by atoms with Crippen molar-refractivity contribution in [2.75, 3.05) is 25.2 Å². The monoisotopic (exact) mass is 269 g/mol. The Morgan fingerprint density at radius 3 is 2.78 bits per heavy atom. The van der Waals surface area contributed by atoms with Gasteiger partial charge in [0, 0.05) is 25.4 Å². The highest BCUT2D eigenvalue weighted by molar-refractivity contribution is 6.33. The van der Waals surface area contributed by atoms with Crippen LogP contribution < -0.4 is 4.90 Å². The molecule has 0 heterocycles. The van der Waals surface area contributed by atoms with Gasteiger partial charge in [0.2, 0.25) is 0 Å². The summed E-state index contributed by atoms with van der Waals surface area (Å²) in [6, 6.07) is 5.62. The third kappa shape index (κ3) is 2.94. The van der Waals surface area contributed by atoms with Gasteiger partial charge in [-0.1, -0.05) is 11.6 Å². The van der Waals surface area contributed by atoms with Gasteiger partial charge >= 0.3 is 5.97 Å². The molecular formula is C13H16ClNO3. The van der Waals surface area contributed by atoms with Crippen LogP contribution in [-0.2, 0) is 4.74 Å². The molecule has 5 heteroatoms. The fraction of sp³-hybridized carbons (Fsp3) is 0.462. The van der Waals surface area contributed by atoms with Gasteiger partial charge in [-0.2, -0.15) is 0 Å². The molecule has 0 saturated heterocycles. The lowest BCUT2D eigenvalue weighted by molar-refractivity contribution is 0.0697. The first kappa shape index (κ1) is 13.2. The number of anilines is 1. The molecule has 0 atom stereocenters. The van der Waals surface area contributed by atoms with E-state index in [1.807, 2.05) is 6.07 Å². The molecule has 1 aliphatic carbocycles. The second-order valence-corrected chi connectivity index (χ2v) is 4.79. The van der Waals surface area contributed by atoms with Gasteiger partial charge < -0.3 is 14.7 Å². The van der Waals surface area contributed by atoms with E-state index in [1.54, 1.807) is 19.2 Å². The molecular weight excluding hydrogens is 254 g/mol. The highest BCUT2D eigenvalue weighted by Gasteiger charge is 2.29. The number of rotatable bonds is 6. The van der Waals surface area contributed by atoms with Crippen molar-refractivity contribution in [3.8, 4) is 0 Å². The minimum atomic E-state index is -0.999. The zero-order chi connectivity index (χ0) is 13.1. The fourth-order valence-electron chi connectivity index (χ4n) is 1.95. The minimum absolute atomic E-state index is 0.142. The van der Waals surface area contributed by atoms with Crippen molar-refractivity contribution >= 4 is 23.3 Å². The maximum atomic E-state index is 10.9. The van der Waals surface area contributed by atoms with Crippen LogP contribution in [0.2, 0.25) is 5.02 Å². The quantitative estimate of drug-likeness (QED) is 0.863. The molecule has 4 nitrogen and oxygen atoms in total. The van der Waals surface area contributed by atoms with Gasteiger partial charge in [-0.15, -0.1) is 0 Å². The number of benzene rings is 1. The molecule has 0 aliphatic heterocycles. The van der Waals surface area contributed by atoms with Crippen LogP contribution in [0.15, 0.2) is 18.2 Å². The summed E-state index contributed by atoms with van der Waals surface area (Å²) in [6.45, 7) is 1.44. The summed E-state index contributed by atoms with van der Waals surface area (Å²) in [6.07, 6.45) is 2.34. The maximum absolute atomic E-state index is 10.9. The first-order valence-corrected chi connectivity index (χ1v) is 6.29. The lowest BCUT2D eigenvalue weighted by Crippen LogP contribution is -2.29. The molecule has 0 radical (unpaired) electrons. The van der Waals surface area contributed by atoms with Crippen molar-refractivity contribution in [3.05, 3.63) is 28.8 Å². The van der Waals surface area contributed by atoms with Gasteiger partial charge in [0.1, 0.15) is 0 Å². The van der Waals surface area contributed by atoms with Crippen LogP contribution in [0.1, 0.15) is 23.2 Å². The Morgan fingerprint density at radius 2 is 2.28 bits per heavy atom. The summed E-state index contributed by atoms with van der Waals surface area (Å²) >= 11 is 5.99. The minimum Gasteiger partial charge on any atom is -0.478 e. The van der Waals surface area contributed by atoms with Crippen LogP contribution in [-0.4, -0.2) is 37.4 Å². The first-order chi connectivity index (χ1) is 8.63. The van der Waals surface area contributed by atoms with Gasteiger partial charge in [-0.25, -0.2) is 4.79 Å². The molecule has 1 saturated carbocycles. The third-order valence-corrected chi connectivity index (χ3v) is 3.35. The van der Waals surface area contributed by atoms with E-state index < -0.39 is 5.97 Å². The van der Waals surface area contributed by atoms with Crippen LogP contribution in [0.4, 0.5) is 5.69 Å². The standard InChI is InChI=1S/C13H16ClNO3/c1-18-7-6-15(9-2-3-9)10-4-5-11(13(16)17)12(14)8-10/h4-5,8-9H,2-3,6-7H2,1H3,(H,16,17). The van der Waals surface area contributed by atoms with E-state index in [2.05, 4.69) is 4.90 Å². The van der Waals surface area contributed by atoms with E-state index in [4.69, 9.17) is 21.4 Å². The molecule has 0 unspecified atom stereocenters. The average Bonchev–Trinajstić information content (AvgIpc) is 3.13. The van der Waals surface area contributed by atoms with Gasteiger partial charge in [0.05, 0.1) is 17.2 Å². The Kier molecular flexibility index (Phi) is 4.09. The number of carbonyl (C=O) groups is 1. The number of halogens is 1. The molecule has 0 spiro atoms. The smallest absolute Gasteiger partial charge is 0.337 e. The topological polar surface area (TPSA) is 49.8 Å². The molecule has 1 N–H and O–H groups in total. The van der Waals surface area contributed by atoms with Crippen molar-refractivity contribution < 1.29 is 14.6 Å². The molecule has 0 bridgehead atoms. The summed E-state index contributed by atoms with van der Waals surface area (Å²) in [7, 11) is 1.67. The first-order valence-electron chi connectivity index (χ1n) is 5.92. The molecule has 1 aromatic carbocycles. The van der Waals surface area contributed by atoms with E-state index in [1.165, 1.54) is 12.8 Å². The average molecular weight is 270 g/mol. The maximum Gasteiger partial charge on any atom is 0.337 e. The normalized spacial score (nSPS) is 14.6. The molecule has 18 heavy (non-hydrogen) atoms. The Morgan fingerprint density at radius 1 is 1.56 bits per heavy atom. The number of hydrogen-bond donors (Lipinski definition) is 1. The summed E-state index contributed by atoms with van der Waals surface area (Å²) in [5.74, 6) is -0.999. The van der Waals surface area contributed by atoms with Gasteiger partial charge in [-0.05, 0) is 31.0 Å². The summed E-state index contributed by atoms with van der Waals surface area (Å²) in [4.78, 5) is 13.1. The van der Waals surface area contributed by atoms with Gasteiger partial charge in [0.15, 0.2) is 0 Å². The Balaban J connectivity index is 2.19. The van der Waals surface area contributed by atoms with Crippen LogP contribution in [0.5, 0.6) is 0 Å². The van der Waals surface area contributed by atoms with Crippen LogP contribution in [0.25, 0.3) is 0 Å². The van der Waals surface area contributed by atoms with Crippen molar-refractivity contribution in [2.24, 2.45) is 0 Å². The highest BCUT2D eigenvalue weighted by Crippen LogP contribution is 2.33. The lowest BCUT2D eigenvalue weighted by atomic mass is 10.2. The molecule has 0 aromatic heterocycles. The zero-order valence-corrected chi connectivity index (χ0v) is 11.0. The van der Waals surface area contributed by atoms with Crippen molar-refractivity contribution in [1.82, 2.24) is 0 Å². The number of carboxylic acid groups (broad SMARTS) is 1. The van der Waals surface area contributed by atoms with E-state index >= 15 is 0 Å². The second kappa shape index (κ2) is 5.59. The molecule has 0 amide bonds. The largest absolute Gasteiger partial charge is 0.478 e. The predicted octanol–water partition coefficient (Wildman–Crippen LogP) is 2.65. The zero-order valence-electron chi connectivity index (χ0n) is 10.2. The number of methoxy groups -OCH3 is 1. The van der Waals surface area contributed by atoms with Crippen molar-refractivity contribution in [3.63, 3.8) is 0 Å². The van der Waals surface area contributed by atoms with Crippen molar-refractivity contribution in [1.29, 1.82) is 0 Å². The Hall–Kier alpha value is -1.26. The van der Waals surface area contributed by atoms with Crippen LogP contribution in [0, 0.1) is 0 Å². The summed E-state index contributed by atoms with van der Waals surface area (Å²) in [5, 5.41) is 9.22. The predicted molar refractivity (Wildman–Crippen MR) is 70.7 cm³/mol. The van der Waals surface area contributed by atoms with Crippen molar-refractivity contribution in [2.45, 2.75) is 18.9 Å². The number of carboxylic acids is 1. The number of ether oxygens (including phenoxy) is 1. The fourth-order valence-corrected chi connectivity index (χ4v) is 2.21. The van der Waals surface area contributed by atoms with Crippen LogP contribution >= 0.6 is 11.6 Å². The van der Waals surface area contributed by atoms with E-state index in [0.29, 0.717) is 12.6 Å². The number of aromatic carboxylic acids is 1. The number of nitrogens with zero attached hydrogens (tertiary/aromatic N) is 1. The Labute approximate surface area is 111 Å². The molecule has 98 valence electrons. The second-order valence-electron chi connectivity index (χ2n) is 4.39. The number of hydrogen-bond acceptors (Lipinski definition) is 3. The third-order valence-electron chi connectivity index (χ3n) is 3.04. The van der Waals surface area contributed by atoms with Gasteiger partial charge in [0.25, 0.3) is 0 Å². The summed E-state index contributed by atoms with van der Waals surface area (Å²) < 4.78 is 5.10. The SMILES string of the molecule is COCCN(c1ccc(C(=O)O)c(Cl)c1)C1CC1. The van der Waals surface area contributed by atoms with E-state index in [0.717, 1.165) is 12.2 Å². The molecule has 1 aromatic rings. The highest BCUT2D eigenvalue weighted by atomic mass is 35.5. The summed E-state index contributed by atoms with van der Waals surface area (Å²) in [5.41, 5.74) is 1.10. The Bertz CT molecular complexity index is 446. The lowest BCUT2D eigenvalue weighted by Gasteiger charge is -2.24. The molecule has 1 aliphatic rings.